The first-order valence-electron chi connectivity index (χ1n) is 29.8. The summed E-state index contributed by atoms with van der Waals surface area (Å²) in [4.78, 5) is 12.4. The molecule has 1 aliphatic rings. The lowest BCUT2D eigenvalue weighted by Crippen LogP contribution is -2.26. The van der Waals surface area contributed by atoms with E-state index in [0.29, 0.717) is 48.1 Å². The van der Waals surface area contributed by atoms with Crippen LogP contribution in [0.1, 0.15) is 253 Å². The smallest absolute Gasteiger partial charge is 0.131 e. The molecule has 0 saturated heterocycles. The average molecular weight is 1040 g/mol. The summed E-state index contributed by atoms with van der Waals surface area (Å²) in [6, 6.07) is 3.52. The van der Waals surface area contributed by atoms with Gasteiger partial charge in [-0.3, -0.25) is 0 Å². The van der Waals surface area contributed by atoms with Gasteiger partial charge in [-0.2, -0.15) is 0 Å². The predicted octanol–water partition coefficient (Wildman–Crippen LogP) is 18.6. The largest absolute Gasteiger partial charge is 0.387 e. The molecular weight excluding hydrogens is 930 g/mol. The van der Waals surface area contributed by atoms with E-state index in [1.807, 2.05) is 11.3 Å². The van der Waals surface area contributed by atoms with E-state index in [1.165, 1.54) is 221 Å². The van der Waals surface area contributed by atoms with E-state index in [1.54, 1.807) is 6.92 Å². The molecule has 1 aliphatic heterocycles. The van der Waals surface area contributed by atoms with Crippen LogP contribution in [0, 0.1) is 18.6 Å². The zero-order valence-electron chi connectivity index (χ0n) is 46.9. The quantitative estimate of drug-likeness (QED) is 0.0408. The summed E-state index contributed by atoms with van der Waals surface area (Å²) in [5.74, 6) is -0.0200. The Morgan fingerprint density at radius 2 is 1.12 bits per heavy atom. The minimum absolute atomic E-state index is 0.304. The number of unbranched alkanes of at least 4 members (excludes halogenated alkanes) is 28. The van der Waals surface area contributed by atoms with Crippen molar-refractivity contribution in [3.63, 3.8) is 0 Å². The number of hydrogen-bond acceptors (Lipinski definition) is 6. The van der Waals surface area contributed by atoms with Crippen LogP contribution in [0.2, 0.25) is 0 Å². The Hall–Kier alpha value is -2.38. The van der Waals surface area contributed by atoms with Gasteiger partial charge < -0.3 is 20.3 Å². The maximum Gasteiger partial charge on any atom is 0.131 e. The topological polar surface area (TPSA) is 54.1 Å². The van der Waals surface area contributed by atoms with Gasteiger partial charge in [0.1, 0.15) is 17.5 Å². The molecule has 5 nitrogen and oxygen atoms in total. The monoisotopic (exact) mass is 1040 g/mol. The molecule has 0 amide bonds. The molecule has 0 spiro atoms. The molecule has 1 unspecified atom stereocenters. The number of amidine groups is 1. The number of nitrogens with zero attached hydrogens (tertiary/aromatic N) is 3. The number of benzene rings is 1. The molecule has 2 heterocycles. The van der Waals surface area contributed by atoms with Gasteiger partial charge >= 0.3 is 0 Å². The molecule has 0 aliphatic carbocycles. The number of halogens is 2. The Balaban J connectivity index is 0.982. The van der Waals surface area contributed by atoms with Crippen LogP contribution in [0.4, 0.5) is 14.5 Å². The van der Waals surface area contributed by atoms with Gasteiger partial charge in [-0.15, -0.1) is 20.6 Å². The summed E-state index contributed by atoms with van der Waals surface area (Å²) in [6.07, 6.45) is 48.8. The number of thiophene rings is 1. The third-order valence-electron chi connectivity index (χ3n) is 14.8. The maximum absolute atomic E-state index is 14.5. The first-order valence-corrected chi connectivity index (χ1v) is 31.2. The van der Waals surface area contributed by atoms with Gasteiger partial charge in [-0.05, 0) is 114 Å². The fraction of sp³-hybridized carbons (Fsp3) is 0.730. The summed E-state index contributed by atoms with van der Waals surface area (Å²) in [5, 5.41) is 0.304. The SMILES string of the molecule is C=C(CCOCCCCCCCCCCCCCCCCCCCCCCCCCCCCCN(C)CCCCCc1cc2c(s1)C=C(C(=C)N(CCC)CCC)CC(N)=N2)Cc1c(F)c(C)cc(F)c1P. The van der Waals surface area contributed by atoms with Gasteiger partial charge in [0.15, 0.2) is 0 Å². The van der Waals surface area contributed by atoms with Crippen LogP contribution in [0.3, 0.4) is 0 Å². The van der Waals surface area contributed by atoms with Crippen LogP contribution in [0.5, 0.6) is 0 Å². The van der Waals surface area contributed by atoms with Crippen molar-refractivity contribution in [1.29, 1.82) is 0 Å². The first-order chi connectivity index (χ1) is 35.0. The third kappa shape index (κ3) is 28.5. The normalized spacial score (nSPS) is 12.6. The van der Waals surface area contributed by atoms with Crippen molar-refractivity contribution in [3.05, 3.63) is 74.6 Å². The highest BCUT2D eigenvalue weighted by atomic mass is 32.1. The molecule has 1 aromatic heterocycles. The Kier molecular flexibility index (Phi) is 36.3. The number of nitrogens with two attached hydrogens (primary N) is 1. The summed E-state index contributed by atoms with van der Waals surface area (Å²) in [7, 11) is 4.64. The molecule has 2 aromatic rings. The highest BCUT2D eigenvalue weighted by Crippen LogP contribution is 2.37. The molecule has 410 valence electrons. The molecule has 0 saturated carbocycles. The molecule has 9 heteroatoms. The molecule has 2 N–H and O–H groups in total. The third-order valence-corrected chi connectivity index (χ3v) is 16.6. The zero-order valence-corrected chi connectivity index (χ0v) is 48.9. The van der Waals surface area contributed by atoms with Crippen LogP contribution < -0.4 is 11.0 Å². The van der Waals surface area contributed by atoms with Crippen molar-refractivity contribution >= 4 is 43.5 Å². The number of fused-ring (bicyclic) bond motifs is 1. The highest BCUT2D eigenvalue weighted by molar-refractivity contribution is 7.27. The first kappa shape index (κ1) is 63.9. The lowest BCUT2D eigenvalue weighted by molar-refractivity contribution is 0.132. The van der Waals surface area contributed by atoms with Crippen molar-refractivity contribution in [2.45, 2.75) is 252 Å². The lowest BCUT2D eigenvalue weighted by Gasteiger charge is -2.27. The second kappa shape index (κ2) is 40.9. The van der Waals surface area contributed by atoms with Crippen LogP contribution in [-0.4, -0.2) is 62.1 Å². The zero-order chi connectivity index (χ0) is 52.0. The second-order valence-corrected chi connectivity index (χ2v) is 23.4. The van der Waals surface area contributed by atoms with Gasteiger partial charge in [0.2, 0.25) is 0 Å². The van der Waals surface area contributed by atoms with E-state index in [9.17, 15) is 8.78 Å². The highest BCUT2D eigenvalue weighted by Gasteiger charge is 2.19. The van der Waals surface area contributed by atoms with Crippen LogP contribution >= 0.6 is 20.6 Å². The molecule has 0 bridgehead atoms. The van der Waals surface area contributed by atoms with E-state index in [0.717, 1.165) is 62.3 Å². The number of ether oxygens (including phenoxy) is 1. The van der Waals surface area contributed by atoms with E-state index in [4.69, 9.17) is 15.5 Å². The standard InChI is InChI=1S/C63H107F2N4OPS/c1-7-41-69(42-8-2)54(5)55-49-60-59(67-61(66)50-55)51-56(72-60)39-35-34-37-44-68(6)43-36-32-30-28-26-24-22-20-18-16-14-12-10-9-11-13-15-17-19-21-23-25-27-29-31-33-38-45-70-46-40-52(3)47-57-62(65)53(4)48-58(64)63(57)71/h48-49,51H,3,5,7-47,50,71H2,1-2,4,6H3,(H2,66,67). The number of hydrogen-bond donors (Lipinski definition) is 1. The number of aryl methyl sites for hydroxylation is 2. The summed E-state index contributed by atoms with van der Waals surface area (Å²) in [6.45, 7) is 20.5. The van der Waals surface area contributed by atoms with Crippen LogP contribution in [0.25, 0.3) is 6.08 Å². The minimum Gasteiger partial charge on any atom is -0.387 e. The molecule has 1 atom stereocenters. The van der Waals surface area contributed by atoms with Crippen molar-refractivity contribution < 1.29 is 13.5 Å². The Morgan fingerprint density at radius 3 is 1.61 bits per heavy atom. The summed E-state index contributed by atoms with van der Waals surface area (Å²) < 4.78 is 34.3. The number of rotatable bonds is 47. The lowest BCUT2D eigenvalue weighted by atomic mass is 10.0. The average Bonchev–Trinajstić information content (AvgIpc) is 3.66. The van der Waals surface area contributed by atoms with E-state index in [-0.39, 0.29) is 11.6 Å². The Morgan fingerprint density at radius 1 is 0.667 bits per heavy atom. The number of aliphatic imine (C=N–C) groups is 1. The second-order valence-electron chi connectivity index (χ2n) is 21.7. The molecule has 0 radical (unpaired) electrons. The molecule has 3 rings (SSSR count). The van der Waals surface area contributed by atoms with Gasteiger partial charge in [-0.25, -0.2) is 13.8 Å². The predicted molar refractivity (Wildman–Crippen MR) is 318 cm³/mol. The van der Waals surface area contributed by atoms with Crippen LogP contribution in [-0.2, 0) is 17.6 Å². The molecular formula is C63H107F2N4OPS. The van der Waals surface area contributed by atoms with E-state index in [2.05, 4.69) is 65.2 Å². The maximum atomic E-state index is 14.5. The molecule has 0 fully saturated rings. The van der Waals surface area contributed by atoms with Crippen molar-refractivity contribution in [3.8, 4) is 0 Å². The van der Waals surface area contributed by atoms with Gasteiger partial charge in [-0.1, -0.05) is 200 Å². The van der Waals surface area contributed by atoms with Crippen molar-refractivity contribution in [1.82, 2.24) is 9.80 Å². The van der Waals surface area contributed by atoms with Crippen molar-refractivity contribution in [2.75, 3.05) is 46.4 Å². The molecule has 1 aromatic carbocycles. The summed E-state index contributed by atoms with van der Waals surface area (Å²) >= 11 is 1.89. The minimum atomic E-state index is -0.383. The Bertz CT molecular complexity index is 1790. The summed E-state index contributed by atoms with van der Waals surface area (Å²) in [5.41, 5.74) is 11.4. The fourth-order valence-corrected chi connectivity index (χ4v) is 11.7. The van der Waals surface area contributed by atoms with Gasteiger partial charge in [0.25, 0.3) is 0 Å². The fourth-order valence-electron chi connectivity index (χ4n) is 10.3. The van der Waals surface area contributed by atoms with Gasteiger partial charge in [0.05, 0.1) is 17.2 Å². The van der Waals surface area contributed by atoms with Crippen LogP contribution in [0.15, 0.2) is 47.1 Å². The Labute approximate surface area is 448 Å². The van der Waals surface area contributed by atoms with E-state index >= 15 is 0 Å². The number of allylic oxidation sites excluding steroid dienone is 1. The van der Waals surface area contributed by atoms with Gasteiger partial charge in [0, 0.05) is 47.6 Å². The van der Waals surface area contributed by atoms with Crippen molar-refractivity contribution in [2.24, 2.45) is 10.7 Å². The van der Waals surface area contributed by atoms with E-state index < -0.39 is 0 Å². The molecule has 72 heavy (non-hydrogen) atoms.